The summed E-state index contributed by atoms with van der Waals surface area (Å²) >= 11 is 1.54. The molecule has 2 aliphatic heterocycles. The first-order valence-corrected chi connectivity index (χ1v) is 9.64. The number of hydrogen-bond acceptors (Lipinski definition) is 6. The second-order valence-electron chi connectivity index (χ2n) is 6.51. The monoisotopic (exact) mass is 381 g/mol. The molecule has 138 valence electrons. The number of hydrogen-bond donors (Lipinski definition) is 0. The molecule has 2 aromatic rings. The topological polar surface area (TPSA) is 69.7 Å². The van der Waals surface area contributed by atoms with Gasteiger partial charge in [0.15, 0.2) is 0 Å². The van der Waals surface area contributed by atoms with Crippen molar-refractivity contribution in [1.82, 2.24) is 9.80 Å². The number of benzene rings is 1. The van der Waals surface area contributed by atoms with Crippen LogP contribution in [0.25, 0.3) is 0 Å². The Bertz CT molecular complexity index is 917. The Kier molecular flexibility index (Phi) is 4.92. The summed E-state index contributed by atoms with van der Waals surface area (Å²) in [5, 5.41) is 10.6. The lowest BCUT2D eigenvalue weighted by molar-refractivity contribution is -0.132. The smallest absolute Gasteiger partial charge is 0.229 e. The van der Waals surface area contributed by atoms with E-state index in [9.17, 15) is 10.1 Å². The van der Waals surface area contributed by atoms with Crippen LogP contribution in [-0.2, 0) is 11.3 Å². The molecule has 1 amide bonds. The van der Waals surface area contributed by atoms with Crippen LogP contribution >= 0.6 is 11.8 Å². The Hall–Kier alpha value is -2.69. The van der Waals surface area contributed by atoms with Crippen molar-refractivity contribution in [2.24, 2.45) is 0 Å². The highest BCUT2D eigenvalue weighted by molar-refractivity contribution is 8.03. The molecule has 2 aliphatic rings. The molecular weight excluding hydrogens is 362 g/mol. The van der Waals surface area contributed by atoms with Gasteiger partial charge in [0.05, 0.1) is 49.1 Å². The van der Waals surface area contributed by atoms with E-state index < -0.39 is 0 Å². The number of nitriles is 1. The van der Waals surface area contributed by atoms with Gasteiger partial charge < -0.3 is 9.15 Å². The third-order valence-electron chi connectivity index (χ3n) is 4.81. The zero-order valence-corrected chi connectivity index (χ0v) is 15.7. The number of furan rings is 1. The van der Waals surface area contributed by atoms with Crippen LogP contribution in [0, 0.1) is 11.3 Å². The number of ether oxygens (including phenoxy) is 1. The molecule has 1 saturated heterocycles. The molecule has 0 spiro atoms. The van der Waals surface area contributed by atoms with Gasteiger partial charge in [-0.25, -0.2) is 0 Å². The molecular formula is C20H19N3O3S. The summed E-state index contributed by atoms with van der Waals surface area (Å²) in [6, 6.07) is 13.7. The van der Waals surface area contributed by atoms with E-state index in [4.69, 9.17) is 9.15 Å². The third-order valence-corrected chi connectivity index (χ3v) is 6.01. The van der Waals surface area contributed by atoms with Crippen LogP contribution in [0.15, 0.2) is 57.7 Å². The summed E-state index contributed by atoms with van der Waals surface area (Å²) in [7, 11) is 1.61. The molecule has 0 saturated carbocycles. The minimum atomic E-state index is -0.229. The molecule has 0 aliphatic carbocycles. The van der Waals surface area contributed by atoms with E-state index in [0.717, 1.165) is 22.1 Å². The number of methoxy groups -OCH3 is 1. The number of allylic oxidation sites excluding steroid dienone is 1. The molecule has 1 aromatic carbocycles. The van der Waals surface area contributed by atoms with E-state index in [-0.39, 0.29) is 18.2 Å². The minimum absolute atomic E-state index is 0.0356. The first-order valence-electron chi connectivity index (χ1n) is 8.65. The van der Waals surface area contributed by atoms with Crippen molar-refractivity contribution in [3.05, 3.63) is 64.6 Å². The van der Waals surface area contributed by atoms with Gasteiger partial charge >= 0.3 is 0 Å². The highest BCUT2D eigenvalue weighted by Gasteiger charge is 2.38. The standard InChI is InChI=1S/C20H19N3O3S/c1-25-15-5-2-4-14(8-15)17-9-19(24)23-12-22(11-16-6-3-7-26-16)13-27-20(23)18(17)10-21/h2-8,17H,9,11-13H2,1H3. The van der Waals surface area contributed by atoms with E-state index in [1.807, 2.05) is 36.4 Å². The average molecular weight is 381 g/mol. The van der Waals surface area contributed by atoms with Crippen molar-refractivity contribution in [2.45, 2.75) is 18.9 Å². The first kappa shape index (κ1) is 17.7. The van der Waals surface area contributed by atoms with Crippen LogP contribution in [0.5, 0.6) is 5.75 Å². The number of amides is 1. The molecule has 27 heavy (non-hydrogen) atoms. The van der Waals surface area contributed by atoms with Gasteiger partial charge in [0.2, 0.25) is 5.91 Å². The van der Waals surface area contributed by atoms with E-state index in [2.05, 4.69) is 11.0 Å². The summed E-state index contributed by atoms with van der Waals surface area (Å²) in [6.07, 6.45) is 1.94. The van der Waals surface area contributed by atoms with E-state index in [0.29, 0.717) is 24.7 Å². The van der Waals surface area contributed by atoms with Gasteiger partial charge in [-0.05, 0) is 29.8 Å². The van der Waals surface area contributed by atoms with Crippen molar-refractivity contribution in [2.75, 3.05) is 19.7 Å². The van der Waals surface area contributed by atoms with Crippen LogP contribution in [0.2, 0.25) is 0 Å². The van der Waals surface area contributed by atoms with Gasteiger partial charge in [0.25, 0.3) is 0 Å². The van der Waals surface area contributed by atoms with Gasteiger partial charge in [-0.3, -0.25) is 14.6 Å². The van der Waals surface area contributed by atoms with Crippen LogP contribution < -0.4 is 4.74 Å². The summed E-state index contributed by atoms with van der Waals surface area (Å²) in [5.74, 6) is 2.10. The molecule has 1 unspecified atom stereocenters. The fraction of sp³-hybridized carbons (Fsp3) is 0.300. The lowest BCUT2D eigenvalue weighted by atomic mass is 9.86. The number of carbonyl (C=O) groups is 1. The first-order chi connectivity index (χ1) is 13.2. The second kappa shape index (κ2) is 7.51. The summed E-state index contributed by atoms with van der Waals surface area (Å²) in [5.41, 5.74) is 1.59. The molecule has 0 radical (unpaired) electrons. The zero-order valence-electron chi connectivity index (χ0n) is 14.9. The van der Waals surface area contributed by atoms with Crippen LogP contribution in [0.4, 0.5) is 0 Å². The normalized spacial score (nSPS) is 20.4. The number of fused-ring (bicyclic) bond motifs is 1. The number of thioether (sulfide) groups is 1. The van der Waals surface area contributed by atoms with Crippen molar-refractivity contribution in [3.63, 3.8) is 0 Å². The summed E-state index contributed by atoms with van der Waals surface area (Å²) in [4.78, 5) is 16.7. The zero-order chi connectivity index (χ0) is 18.8. The molecule has 0 N–H and O–H groups in total. The second-order valence-corrected chi connectivity index (χ2v) is 7.44. The van der Waals surface area contributed by atoms with Crippen LogP contribution in [0.3, 0.4) is 0 Å². The fourth-order valence-corrected chi connectivity index (χ4v) is 4.61. The SMILES string of the molecule is COc1cccc(C2CC(=O)N3CN(Cc4ccco4)CSC3=C2C#N)c1. The van der Waals surface area contributed by atoms with Crippen molar-refractivity contribution >= 4 is 17.7 Å². The molecule has 6 nitrogen and oxygen atoms in total. The Morgan fingerprint density at radius 2 is 2.26 bits per heavy atom. The lowest BCUT2D eigenvalue weighted by Crippen LogP contribution is -2.46. The molecule has 7 heteroatoms. The number of rotatable bonds is 4. The summed E-state index contributed by atoms with van der Waals surface area (Å²) < 4.78 is 10.7. The molecule has 1 atom stereocenters. The minimum Gasteiger partial charge on any atom is -0.497 e. The Labute approximate surface area is 162 Å². The Morgan fingerprint density at radius 1 is 1.37 bits per heavy atom. The molecule has 0 bridgehead atoms. The van der Waals surface area contributed by atoms with Gasteiger partial charge in [-0.2, -0.15) is 5.26 Å². The van der Waals surface area contributed by atoms with Crippen molar-refractivity contribution in [3.8, 4) is 11.8 Å². The van der Waals surface area contributed by atoms with Crippen LogP contribution in [-0.4, -0.2) is 35.4 Å². The quantitative estimate of drug-likeness (QED) is 0.807. The van der Waals surface area contributed by atoms with Gasteiger partial charge in [0.1, 0.15) is 11.5 Å². The predicted octanol–water partition coefficient (Wildman–Crippen LogP) is 3.50. The van der Waals surface area contributed by atoms with Gasteiger partial charge in [-0.1, -0.05) is 23.9 Å². The van der Waals surface area contributed by atoms with E-state index in [1.165, 1.54) is 11.8 Å². The van der Waals surface area contributed by atoms with Gasteiger partial charge in [0, 0.05) is 12.3 Å². The number of nitrogens with zero attached hydrogens (tertiary/aromatic N) is 3. The predicted molar refractivity (Wildman–Crippen MR) is 101 cm³/mol. The van der Waals surface area contributed by atoms with Crippen molar-refractivity contribution in [1.29, 1.82) is 5.26 Å². The average Bonchev–Trinajstić information content (AvgIpc) is 3.21. The fourth-order valence-electron chi connectivity index (χ4n) is 3.47. The highest BCUT2D eigenvalue weighted by atomic mass is 32.2. The molecule has 1 aromatic heterocycles. The maximum atomic E-state index is 12.9. The Balaban J connectivity index is 1.61. The Morgan fingerprint density at radius 3 is 3.00 bits per heavy atom. The largest absolute Gasteiger partial charge is 0.497 e. The molecule has 4 rings (SSSR count). The number of carbonyl (C=O) groups excluding carboxylic acids is 1. The third kappa shape index (κ3) is 3.46. The molecule has 3 heterocycles. The molecule has 1 fully saturated rings. The van der Waals surface area contributed by atoms with E-state index >= 15 is 0 Å². The van der Waals surface area contributed by atoms with Crippen molar-refractivity contribution < 1.29 is 13.9 Å². The van der Waals surface area contributed by atoms with E-state index in [1.54, 1.807) is 18.3 Å². The highest BCUT2D eigenvalue weighted by Crippen LogP contribution is 2.43. The summed E-state index contributed by atoms with van der Waals surface area (Å²) in [6.45, 7) is 1.11. The van der Waals surface area contributed by atoms with Crippen LogP contribution in [0.1, 0.15) is 23.7 Å². The van der Waals surface area contributed by atoms with Gasteiger partial charge in [-0.15, -0.1) is 0 Å². The lowest BCUT2D eigenvalue weighted by Gasteiger charge is -2.41. The maximum absolute atomic E-state index is 12.9. The maximum Gasteiger partial charge on any atom is 0.229 e.